The van der Waals surface area contributed by atoms with E-state index in [4.69, 9.17) is 11.5 Å². The molecule has 15 heavy (non-hydrogen) atoms. The number of carbonyl (C=O) groups excluding carboxylic acids is 1. The first-order valence-corrected chi connectivity index (χ1v) is 4.54. The van der Waals surface area contributed by atoms with Gasteiger partial charge in [0.1, 0.15) is 0 Å². The molecule has 0 saturated carbocycles. The number of carbonyl (C=O) groups is 1. The van der Waals surface area contributed by atoms with Gasteiger partial charge >= 0.3 is 0 Å². The van der Waals surface area contributed by atoms with Crippen LogP contribution in [0, 0.1) is 0 Å². The summed E-state index contributed by atoms with van der Waals surface area (Å²) < 4.78 is 0. The first-order valence-electron chi connectivity index (χ1n) is 4.54. The molecule has 0 aliphatic carbocycles. The minimum Gasteiger partial charge on any atom is -0.382 e. The third kappa shape index (κ3) is 3.51. The Morgan fingerprint density at radius 3 is 2.60 bits per heavy atom. The maximum absolute atomic E-state index is 11.6. The van der Waals surface area contributed by atoms with Crippen LogP contribution in [0.4, 0.5) is 5.82 Å². The van der Waals surface area contributed by atoms with Gasteiger partial charge in [-0.2, -0.15) is 0 Å². The minimum atomic E-state index is -0.466. The Hall–Kier alpha value is -1.69. The van der Waals surface area contributed by atoms with Gasteiger partial charge in [-0.05, 0) is 13.8 Å². The fourth-order valence-electron chi connectivity index (χ4n) is 0.916. The van der Waals surface area contributed by atoms with Gasteiger partial charge in [-0.25, -0.2) is 9.97 Å². The highest BCUT2D eigenvalue weighted by atomic mass is 16.1. The average Bonchev–Trinajstić information content (AvgIpc) is 2.14. The summed E-state index contributed by atoms with van der Waals surface area (Å²) >= 11 is 0. The molecule has 1 aromatic heterocycles. The smallest absolute Gasteiger partial charge is 0.273 e. The van der Waals surface area contributed by atoms with Gasteiger partial charge in [-0.15, -0.1) is 0 Å². The number of amides is 1. The molecule has 1 heterocycles. The van der Waals surface area contributed by atoms with Gasteiger partial charge in [0.05, 0.1) is 0 Å². The predicted octanol–water partition coefficient (Wildman–Crippen LogP) is -0.474. The van der Waals surface area contributed by atoms with E-state index in [1.54, 1.807) is 0 Å². The van der Waals surface area contributed by atoms with E-state index < -0.39 is 5.54 Å². The van der Waals surface area contributed by atoms with Crippen molar-refractivity contribution in [2.24, 2.45) is 5.73 Å². The molecule has 0 fully saturated rings. The van der Waals surface area contributed by atoms with Gasteiger partial charge in [-0.3, -0.25) is 4.79 Å². The normalized spacial score (nSPS) is 11.1. The molecular formula is C9H15N5O. The Labute approximate surface area is 88.1 Å². The van der Waals surface area contributed by atoms with Gasteiger partial charge in [0.15, 0.2) is 11.5 Å². The van der Waals surface area contributed by atoms with E-state index in [1.807, 2.05) is 13.8 Å². The SMILES string of the molecule is CC(C)(N)CNC(=O)c1nccnc1N. The Bertz CT molecular complexity index is 358. The van der Waals surface area contributed by atoms with E-state index in [1.165, 1.54) is 12.4 Å². The first-order chi connectivity index (χ1) is 6.90. The number of aromatic nitrogens is 2. The summed E-state index contributed by atoms with van der Waals surface area (Å²) in [5.74, 6) is -0.246. The molecule has 0 aliphatic rings. The fourth-order valence-corrected chi connectivity index (χ4v) is 0.916. The summed E-state index contributed by atoms with van der Waals surface area (Å²) in [5.41, 5.74) is 10.9. The maximum atomic E-state index is 11.6. The lowest BCUT2D eigenvalue weighted by atomic mass is 10.1. The number of nitrogens with zero attached hydrogens (tertiary/aromatic N) is 2. The van der Waals surface area contributed by atoms with E-state index >= 15 is 0 Å². The largest absolute Gasteiger partial charge is 0.382 e. The number of nitrogens with two attached hydrogens (primary N) is 2. The van der Waals surface area contributed by atoms with Crippen molar-refractivity contribution in [3.8, 4) is 0 Å². The molecule has 6 heteroatoms. The molecule has 1 rings (SSSR count). The van der Waals surface area contributed by atoms with Gasteiger partial charge in [0.2, 0.25) is 0 Å². The molecular weight excluding hydrogens is 194 g/mol. The fraction of sp³-hybridized carbons (Fsp3) is 0.444. The highest BCUT2D eigenvalue weighted by molar-refractivity contribution is 5.96. The summed E-state index contributed by atoms with van der Waals surface area (Å²) in [6.45, 7) is 3.97. The van der Waals surface area contributed by atoms with Gasteiger partial charge in [-0.1, -0.05) is 0 Å². The van der Waals surface area contributed by atoms with Crippen molar-refractivity contribution in [3.63, 3.8) is 0 Å². The maximum Gasteiger partial charge on any atom is 0.273 e. The Morgan fingerprint density at radius 2 is 2.07 bits per heavy atom. The summed E-state index contributed by atoms with van der Waals surface area (Å²) in [7, 11) is 0. The van der Waals surface area contributed by atoms with Crippen LogP contribution >= 0.6 is 0 Å². The Kier molecular flexibility index (Phi) is 3.21. The zero-order valence-corrected chi connectivity index (χ0v) is 8.82. The Morgan fingerprint density at radius 1 is 1.47 bits per heavy atom. The van der Waals surface area contributed by atoms with Crippen molar-refractivity contribution in [1.82, 2.24) is 15.3 Å². The number of nitrogens with one attached hydrogen (secondary N) is 1. The first kappa shape index (κ1) is 11.4. The molecule has 1 amide bonds. The molecule has 1 aromatic rings. The van der Waals surface area contributed by atoms with E-state index in [0.717, 1.165) is 0 Å². The van der Waals surface area contributed by atoms with E-state index in [9.17, 15) is 4.79 Å². The van der Waals surface area contributed by atoms with Crippen molar-refractivity contribution in [3.05, 3.63) is 18.1 Å². The molecule has 82 valence electrons. The topological polar surface area (TPSA) is 107 Å². The standard InChI is InChI=1S/C9H15N5O/c1-9(2,11)5-14-8(15)6-7(10)13-4-3-12-6/h3-4H,5,11H2,1-2H3,(H2,10,13)(H,14,15). The highest BCUT2D eigenvalue weighted by Gasteiger charge is 2.16. The van der Waals surface area contributed by atoms with Crippen LogP contribution in [0.3, 0.4) is 0 Å². The zero-order chi connectivity index (χ0) is 11.5. The number of nitrogen functional groups attached to an aromatic ring is 1. The summed E-state index contributed by atoms with van der Waals surface area (Å²) in [6.07, 6.45) is 2.85. The van der Waals surface area contributed by atoms with E-state index in [0.29, 0.717) is 6.54 Å². The molecule has 0 aliphatic heterocycles. The number of rotatable bonds is 3. The predicted molar refractivity (Wildman–Crippen MR) is 57.0 cm³/mol. The van der Waals surface area contributed by atoms with Gasteiger partial charge < -0.3 is 16.8 Å². The van der Waals surface area contributed by atoms with Crippen LogP contribution in [0.1, 0.15) is 24.3 Å². The second-order valence-corrected chi connectivity index (χ2v) is 3.96. The second kappa shape index (κ2) is 4.22. The molecule has 0 radical (unpaired) electrons. The van der Waals surface area contributed by atoms with Crippen LogP contribution in [0.15, 0.2) is 12.4 Å². The summed E-state index contributed by atoms with van der Waals surface area (Å²) in [5, 5.41) is 2.63. The van der Waals surface area contributed by atoms with Crippen LogP contribution in [0.5, 0.6) is 0 Å². The van der Waals surface area contributed by atoms with Crippen molar-refractivity contribution in [2.45, 2.75) is 19.4 Å². The van der Waals surface area contributed by atoms with Crippen LogP contribution in [0.25, 0.3) is 0 Å². The second-order valence-electron chi connectivity index (χ2n) is 3.96. The average molecular weight is 209 g/mol. The monoisotopic (exact) mass is 209 g/mol. The van der Waals surface area contributed by atoms with Gasteiger partial charge in [0, 0.05) is 24.5 Å². The number of anilines is 1. The van der Waals surface area contributed by atoms with Crippen LogP contribution < -0.4 is 16.8 Å². The van der Waals surface area contributed by atoms with E-state index in [2.05, 4.69) is 15.3 Å². The van der Waals surface area contributed by atoms with Crippen molar-refractivity contribution in [1.29, 1.82) is 0 Å². The lowest BCUT2D eigenvalue weighted by Gasteiger charge is -2.18. The minimum absolute atomic E-state index is 0.116. The van der Waals surface area contributed by atoms with Gasteiger partial charge in [0.25, 0.3) is 5.91 Å². The molecule has 0 saturated heterocycles. The molecule has 0 aromatic carbocycles. The van der Waals surface area contributed by atoms with E-state index in [-0.39, 0.29) is 17.4 Å². The van der Waals surface area contributed by atoms with Crippen molar-refractivity contribution in [2.75, 3.05) is 12.3 Å². The molecule has 0 atom stereocenters. The Balaban J connectivity index is 2.66. The lowest BCUT2D eigenvalue weighted by molar-refractivity contribution is 0.0941. The molecule has 0 unspecified atom stereocenters. The highest BCUT2D eigenvalue weighted by Crippen LogP contribution is 2.02. The summed E-state index contributed by atoms with van der Waals surface area (Å²) in [6, 6.07) is 0. The third-order valence-electron chi connectivity index (χ3n) is 1.65. The molecule has 6 nitrogen and oxygen atoms in total. The number of hydrogen-bond donors (Lipinski definition) is 3. The quantitative estimate of drug-likeness (QED) is 0.623. The van der Waals surface area contributed by atoms with Crippen LogP contribution in [-0.2, 0) is 0 Å². The zero-order valence-electron chi connectivity index (χ0n) is 8.82. The van der Waals surface area contributed by atoms with Crippen molar-refractivity contribution < 1.29 is 4.79 Å². The lowest BCUT2D eigenvalue weighted by Crippen LogP contribution is -2.45. The molecule has 0 bridgehead atoms. The van der Waals surface area contributed by atoms with Crippen LogP contribution in [-0.4, -0.2) is 28.0 Å². The van der Waals surface area contributed by atoms with Crippen LogP contribution in [0.2, 0.25) is 0 Å². The third-order valence-corrected chi connectivity index (χ3v) is 1.65. The summed E-state index contributed by atoms with van der Waals surface area (Å²) in [4.78, 5) is 19.2. The number of hydrogen-bond acceptors (Lipinski definition) is 5. The molecule has 5 N–H and O–H groups in total. The van der Waals surface area contributed by atoms with Crippen molar-refractivity contribution >= 4 is 11.7 Å². The molecule has 0 spiro atoms.